The Morgan fingerprint density at radius 3 is 2.40 bits per heavy atom. The fourth-order valence-electron chi connectivity index (χ4n) is 2.38. The minimum Gasteiger partial charge on any atom is -0.469 e. The minimum atomic E-state index is -0.536. The van der Waals surface area contributed by atoms with E-state index in [-0.39, 0.29) is 30.1 Å². The quantitative estimate of drug-likeness (QED) is 0.363. The number of nitrogens with zero attached hydrogens (tertiary/aromatic N) is 3. The van der Waals surface area contributed by atoms with E-state index in [2.05, 4.69) is 9.64 Å². The fourth-order valence-corrected chi connectivity index (χ4v) is 2.38. The van der Waals surface area contributed by atoms with Gasteiger partial charge in [0.2, 0.25) is 0 Å². The van der Waals surface area contributed by atoms with Crippen molar-refractivity contribution in [3.63, 3.8) is 0 Å². The molecule has 1 rings (SSSR count). The SMILES string of the molecule is CCN(CC)CCN(CCC(=O)OC)C(=O)c1cccc([N+](=O)[O-])c1. The van der Waals surface area contributed by atoms with E-state index >= 15 is 0 Å². The van der Waals surface area contributed by atoms with Crippen LogP contribution in [0, 0.1) is 10.1 Å². The van der Waals surface area contributed by atoms with Gasteiger partial charge in [0.25, 0.3) is 11.6 Å². The lowest BCUT2D eigenvalue weighted by atomic mass is 10.1. The first-order valence-corrected chi connectivity index (χ1v) is 8.25. The molecule has 0 aromatic heterocycles. The summed E-state index contributed by atoms with van der Waals surface area (Å²) >= 11 is 0. The summed E-state index contributed by atoms with van der Waals surface area (Å²) in [6, 6.07) is 5.61. The molecule has 0 N–H and O–H groups in total. The Kier molecular flexibility index (Phi) is 8.55. The van der Waals surface area contributed by atoms with Crippen LogP contribution in [0.1, 0.15) is 30.6 Å². The van der Waals surface area contributed by atoms with Gasteiger partial charge in [0.15, 0.2) is 0 Å². The number of hydrogen-bond acceptors (Lipinski definition) is 6. The van der Waals surface area contributed by atoms with Crippen molar-refractivity contribution in [2.45, 2.75) is 20.3 Å². The number of ether oxygens (including phenoxy) is 1. The number of amides is 1. The van der Waals surface area contributed by atoms with Crippen LogP contribution in [0.5, 0.6) is 0 Å². The third-order valence-electron chi connectivity index (χ3n) is 3.99. The molecule has 25 heavy (non-hydrogen) atoms. The second-order valence-corrected chi connectivity index (χ2v) is 5.45. The molecule has 1 aromatic carbocycles. The molecule has 1 amide bonds. The van der Waals surface area contributed by atoms with Crippen LogP contribution in [0.15, 0.2) is 24.3 Å². The molecule has 0 heterocycles. The monoisotopic (exact) mass is 351 g/mol. The van der Waals surface area contributed by atoms with Crippen LogP contribution in [-0.4, -0.2) is 66.4 Å². The summed E-state index contributed by atoms with van der Waals surface area (Å²) in [5.41, 5.74) is 0.0983. The highest BCUT2D eigenvalue weighted by Crippen LogP contribution is 2.15. The maximum Gasteiger partial charge on any atom is 0.307 e. The van der Waals surface area contributed by atoms with E-state index in [0.717, 1.165) is 13.1 Å². The molecule has 0 fully saturated rings. The summed E-state index contributed by atoms with van der Waals surface area (Å²) in [7, 11) is 1.30. The molecule has 0 unspecified atom stereocenters. The Balaban J connectivity index is 2.91. The van der Waals surface area contributed by atoms with Crippen LogP contribution in [0.4, 0.5) is 5.69 Å². The van der Waals surface area contributed by atoms with Crippen molar-refractivity contribution in [3.8, 4) is 0 Å². The summed E-state index contributed by atoms with van der Waals surface area (Å²) in [5, 5.41) is 10.9. The molecule has 0 atom stereocenters. The number of carbonyl (C=O) groups is 2. The topological polar surface area (TPSA) is 93.0 Å². The molecular formula is C17H25N3O5. The van der Waals surface area contributed by atoms with E-state index in [1.54, 1.807) is 0 Å². The van der Waals surface area contributed by atoms with Crippen molar-refractivity contribution < 1.29 is 19.2 Å². The number of nitro groups is 1. The third-order valence-corrected chi connectivity index (χ3v) is 3.99. The molecule has 8 nitrogen and oxygen atoms in total. The molecule has 8 heteroatoms. The van der Waals surface area contributed by atoms with Crippen LogP contribution in [0.2, 0.25) is 0 Å². The lowest BCUT2D eigenvalue weighted by Gasteiger charge is -2.26. The zero-order valence-electron chi connectivity index (χ0n) is 14.9. The van der Waals surface area contributed by atoms with Gasteiger partial charge in [-0.1, -0.05) is 19.9 Å². The average Bonchev–Trinajstić information content (AvgIpc) is 2.64. The average molecular weight is 351 g/mol. The zero-order valence-corrected chi connectivity index (χ0v) is 14.9. The molecule has 0 bridgehead atoms. The number of rotatable bonds is 10. The van der Waals surface area contributed by atoms with Crippen LogP contribution >= 0.6 is 0 Å². The molecule has 0 saturated heterocycles. The van der Waals surface area contributed by atoms with E-state index in [4.69, 9.17) is 0 Å². The Hall–Kier alpha value is -2.48. The van der Waals surface area contributed by atoms with Gasteiger partial charge < -0.3 is 14.5 Å². The van der Waals surface area contributed by atoms with Crippen molar-refractivity contribution in [3.05, 3.63) is 39.9 Å². The normalized spacial score (nSPS) is 10.6. The van der Waals surface area contributed by atoms with Gasteiger partial charge in [-0.15, -0.1) is 0 Å². The van der Waals surface area contributed by atoms with E-state index < -0.39 is 10.9 Å². The zero-order chi connectivity index (χ0) is 18.8. The highest BCUT2D eigenvalue weighted by molar-refractivity contribution is 5.95. The van der Waals surface area contributed by atoms with Gasteiger partial charge >= 0.3 is 5.97 Å². The van der Waals surface area contributed by atoms with Crippen molar-refractivity contribution >= 4 is 17.6 Å². The number of hydrogen-bond donors (Lipinski definition) is 0. The van der Waals surface area contributed by atoms with Crippen LogP contribution < -0.4 is 0 Å². The Morgan fingerprint density at radius 1 is 1.16 bits per heavy atom. The number of likely N-dealkylation sites (N-methyl/N-ethyl adjacent to an activating group) is 1. The van der Waals surface area contributed by atoms with Gasteiger partial charge in [-0.05, 0) is 19.2 Å². The summed E-state index contributed by atoms with van der Waals surface area (Å²) in [5.74, 6) is -0.737. The number of carbonyl (C=O) groups excluding carboxylic acids is 2. The fraction of sp³-hybridized carbons (Fsp3) is 0.529. The van der Waals surface area contributed by atoms with E-state index in [0.29, 0.717) is 13.1 Å². The van der Waals surface area contributed by atoms with E-state index in [9.17, 15) is 19.7 Å². The number of nitro benzene ring substituents is 1. The summed E-state index contributed by atoms with van der Waals surface area (Å²) in [6.45, 7) is 7.07. The lowest BCUT2D eigenvalue weighted by Crippen LogP contribution is -2.40. The summed E-state index contributed by atoms with van der Waals surface area (Å²) in [4.78, 5) is 38.2. The highest BCUT2D eigenvalue weighted by atomic mass is 16.6. The van der Waals surface area contributed by atoms with Crippen LogP contribution in [0.3, 0.4) is 0 Å². The van der Waals surface area contributed by atoms with Crippen molar-refractivity contribution in [2.24, 2.45) is 0 Å². The second-order valence-electron chi connectivity index (χ2n) is 5.45. The standard InChI is InChI=1S/C17H25N3O5/c1-4-18(5-2)11-12-19(10-9-16(21)25-3)17(22)14-7-6-8-15(13-14)20(23)24/h6-8,13H,4-5,9-12H2,1-3H3. The van der Waals surface area contributed by atoms with Crippen molar-refractivity contribution in [1.82, 2.24) is 9.80 Å². The second kappa shape index (κ2) is 10.4. The highest BCUT2D eigenvalue weighted by Gasteiger charge is 2.19. The first-order chi connectivity index (χ1) is 11.9. The largest absolute Gasteiger partial charge is 0.469 e. The lowest BCUT2D eigenvalue weighted by molar-refractivity contribution is -0.384. The molecule has 1 aromatic rings. The molecule has 0 aliphatic carbocycles. The molecule has 0 saturated carbocycles. The van der Waals surface area contributed by atoms with E-state index in [1.807, 2.05) is 13.8 Å². The van der Waals surface area contributed by atoms with Crippen molar-refractivity contribution in [1.29, 1.82) is 0 Å². The predicted octanol–water partition coefficient (Wildman–Crippen LogP) is 1.94. The van der Waals surface area contributed by atoms with Gasteiger partial charge in [0, 0.05) is 37.3 Å². The Morgan fingerprint density at radius 2 is 1.84 bits per heavy atom. The molecule has 138 valence electrons. The van der Waals surface area contributed by atoms with Gasteiger partial charge in [0.05, 0.1) is 18.5 Å². The first kappa shape index (κ1) is 20.6. The van der Waals surface area contributed by atoms with Gasteiger partial charge in [-0.3, -0.25) is 19.7 Å². The predicted molar refractivity (Wildman–Crippen MR) is 93.4 cm³/mol. The van der Waals surface area contributed by atoms with Crippen molar-refractivity contribution in [2.75, 3.05) is 39.8 Å². The third kappa shape index (κ3) is 6.50. The summed E-state index contributed by atoms with van der Waals surface area (Å²) < 4.78 is 4.63. The van der Waals surface area contributed by atoms with Gasteiger partial charge in [0.1, 0.15) is 0 Å². The number of non-ortho nitro benzene ring substituents is 1. The first-order valence-electron chi connectivity index (χ1n) is 8.25. The molecule has 0 radical (unpaired) electrons. The molecule has 0 spiro atoms. The minimum absolute atomic E-state index is 0.0788. The maximum absolute atomic E-state index is 12.7. The van der Waals surface area contributed by atoms with Crippen LogP contribution in [0.25, 0.3) is 0 Å². The van der Waals surface area contributed by atoms with E-state index in [1.165, 1.54) is 36.3 Å². The number of benzene rings is 1. The Bertz CT molecular complexity index is 602. The Labute approximate surface area is 147 Å². The van der Waals surface area contributed by atoms with Gasteiger partial charge in [-0.2, -0.15) is 0 Å². The molecule has 0 aliphatic rings. The maximum atomic E-state index is 12.7. The summed E-state index contributed by atoms with van der Waals surface area (Å²) in [6.07, 6.45) is 0.0788. The molecular weight excluding hydrogens is 326 g/mol. The number of methoxy groups -OCH3 is 1. The van der Waals surface area contributed by atoms with Crippen LogP contribution in [-0.2, 0) is 9.53 Å². The number of esters is 1. The van der Waals surface area contributed by atoms with Gasteiger partial charge in [-0.25, -0.2) is 0 Å². The molecule has 0 aliphatic heterocycles. The smallest absolute Gasteiger partial charge is 0.307 e.